The van der Waals surface area contributed by atoms with E-state index in [1.807, 2.05) is 44.2 Å². The highest BCUT2D eigenvalue weighted by molar-refractivity contribution is 8.01. The second-order valence-electron chi connectivity index (χ2n) is 8.74. The van der Waals surface area contributed by atoms with Crippen LogP contribution in [0.3, 0.4) is 0 Å². The maximum atomic E-state index is 14.1. The second kappa shape index (κ2) is 8.95. The van der Waals surface area contributed by atoms with Gasteiger partial charge in [-0.1, -0.05) is 29.8 Å². The van der Waals surface area contributed by atoms with Gasteiger partial charge in [-0.05, 0) is 73.0 Å². The lowest BCUT2D eigenvalue weighted by molar-refractivity contribution is -0.123. The van der Waals surface area contributed by atoms with Crippen molar-refractivity contribution >= 4 is 46.7 Å². The number of rotatable bonds is 3. The van der Waals surface area contributed by atoms with E-state index in [-0.39, 0.29) is 18.5 Å². The third-order valence-corrected chi connectivity index (χ3v) is 8.21. The fraction of sp³-hybridized carbons (Fsp3) is 0.222. The van der Waals surface area contributed by atoms with Gasteiger partial charge in [-0.2, -0.15) is 5.26 Å². The third-order valence-electron chi connectivity index (χ3n) is 6.56. The predicted molar refractivity (Wildman–Crippen MR) is 140 cm³/mol. The van der Waals surface area contributed by atoms with E-state index in [0.29, 0.717) is 34.1 Å². The smallest absolute Gasteiger partial charge is 0.308 e. The lowest BCUT2D eigenvalue weighted by atomic mass is 10.1. The molecule has 0 radical (unpaired) electrons. The van der Waals surface area contributed by atoms with Crippen LogP contribution in [0, 0.1) is 25.2 Å². The Balaban J connectivity index is 1.52. The van der Waals surface area contributed by atoms with Crippen LogP contribution in [0.1, 0.15) is 27.8 Å². The highest BCUT2D eigenvalue weighted by atomic mass is 35.5. The first kappa shape index (κ1) is 23.3. The number of nitrogens with zero attached hydrogens (tertiary/aromatic N) is 3. The Labute approximate surface area is 213 Å². The number of thioether (sulfide) groups is 1. The normalized spacial score (nSPS) is 18.6. The molecule has 35 heavy (non-hydrogen) atoms. The summed E-state index contributed by atoms with van der Waals surface area (Å²) < 4.78 is 0. The van der Waals surface area contributed by atoms with Gasteiger partial charge in [0, 0.05) is 28.6 Å². The molecule has 0 unspecified atom stereocenters. The molecule has 1 N–H and O–H groups in total. The average molecular weight is 503 g/mol. The molecule has 1 spiro atoms. The van der Waals surface area contributed by atoms with Gasteiger partial charge in [0.2, 0.25) is 0 Å². The molecular weight excluding hydrogens is 480 g/mol. The molecule has 1 atom stereocenters. The third kappa shape index (κ3) is 3.93. The van der Waals surface area contributed by atoms with Crippen molar-refractivity contribution in [2.45, 2.75) is 25.3 Å². The van der Waals surface area contributed by atoms with Gasteiger partial charge in [0.15, 0.2) is 4.87 Å². The number of nitrogens with one attached hydrogen (secondary N) is 1. The molecule has 0 saturated carbocycles. The number of carbonyl (C=O) groups excluding carboxylic acids is 2. The first-order chi connectivity index (χ1) is 16.8. The molecule has 3 aromatic rings. The number of carbonyl (C=O) groups is 2. The van der Waals surface area contributed by atoms with E-state index in [1.165, 1.54) is 11.8 Å². The summed E-state index contributed by atoms with van der Waals surface area (Å²) in [5.74, 6) is 0.436. The van der Waals surface area contributed by atoms with Gasteiger partial charge < -0.3 is 10.2 Å². The van der Waals surface area contributed by atoms with Gasteiger partial charge in [-0.15, -0.1) is 11.8 Å². The van der Waals surface area contributed by atoms with E-state index in [9.17, 15) is 14.9 Å². The Hall–Kier alpha value is -3.47. The SMILES string of the molecule is Cc1ccc(NC(=O)N2CCS[C@]23C(=O)N(Cc2cccc(C#N)c2)c2ccc(Cl)cc23)cc1C. The second-order valence-corrected chi connectivity index (χ2v) is 10.5. The van der Waals surface area contributed by atoms with Gasteiger partial charge in [-0.25, -0.2) is 4.79 Å². The van der Waals surface area contributed by atoms with Crippen molar-refractivity contribution in [1.82, 2.24) is 4.90 Å². The highest BCUT2D eigenvalue weighted by Gasteiger charge is 2.59. The lowest BCUT2D eigenvalue weighted by Crippen LogP contribution is -2.51. The molecule has 6 nitrogen and oxygen atoms in total. The number of aryl methyl sites for hydroxylation is 2. The number of amides is 3. The summed E-state index contributed by atoms with van der Waals surface area (Å²) in [5, 5.41) is 12.8. The molecule has 0 aromatic heterocycles. The van der Waals surface area contributed by atoms with Crippen molar-refractivity contribution in [2.75, 3.05) is 22.5 Å². The lowest BCUT2D eigenvalue weighted by Gasteiger charge is -2.33. The Morgan fingerprint density at radius 1 is 1.14 bits per heavy atom. The van der Waals surface area contributed by atoms with Crippen molar-refractivity contribution in [3.05, 3.63) is 93.5 Å². The van der Waals surface area contributed by atoms with E-state index in [4.69, 9.17) is 11.6 Å². The average Bonchev–Trinajstić information content (AvgIpc) is 3.39. The van der Waals surface area contributed by atoms with Crippen LogP contribution in [0.5, 0.6) is 0 Å². The largest absolute Gasteiger partial charge is 0.323 e. The number of halogens is 1. The van der Waals surface area contributed by atoms with Gasteiger partial charge in [0.1, 0.15) is 0 Å². The zero-order valence-corrected chi connectivity index (χ0v) is 20.9. The summed E-state index contributed by atoms with van der Waals surface area (Å²) in [6.45, 7) is 4.73. The Morgan fingerprint density at radius 2 is 1.97 bits per heavy atom. The first-order valence-electron chi connectivity index (χ1n) is 11.2. The summed E-state index contributed by atoms with van der Waals surface area (Å²) in [5.41, 5.74) is 5.71. The summed E-state index contributed by atoms with van der Waals surface area (Å²) >= 11 is 7.82. The Kier molecular flexibility index (Phi) is 5.96. The molecular formula is C27H23ClN4O2S. The number of benzene rings is 3. The number of urea groups is 1. The number of fused-ring (bicyclic) bond motifs is 2. The van der Waals surface area contributed by atoms with E-state index in [1.54, 1.807) is 40.1 Å². The van der Waals surface area contributed by atoms with Crippen LogP contribution >= 0.6 is 23.4 Å². The molecule has 0 aliphatic carbocycles. The van der Waals surface area contributed by atoms with Crippen molar-refractivity contribution < 1.29 is 9.59 Å². The number of hydrogen-bond donors (Lipinski definition) is 1. The maximum absolute atomic E-state index is 14.1. The molecule has 1 fully saturated rings. The van der Waals surface area contributed by atoms with Crippen LogP contribution in [0.4, 0.5) is 16.2 Å². The van der Waals surface area contributed by atoms with Crippen LogP contribution in [-0.4, -0.2) is 29.1 Å². The van der Waals surface area contributed by atoms with E-state index in [0.717, 1.165) is 22.4 Å². The van der Waals surface area contributed by atoms with Crippen LogP contribution in [0.15, 0.2) is 60.7 Å². The van der Waals surface area contributed by atoms with Gasteiger partial charge in [0.05, 0.1) is 23.9 Å². The Bertz CT molecular complexity index is 1400. The van der Waals surface area contributed by atoms with Crippen molar-refractivity contribution in [3.63, 3.8) is 0 Å². The molecule has 176 valence electrons. The van der Waals surface area contributed by atoms with Crippen LogP contribution in [0.2, 0.25) is 5.02 Å². The van der Waals surface area contributed by atoms with Crippen LogP contribution < -0.4 is 10.2 Å². The fourth-order valence-corrected chi connectivity index (χ4v) is 6.30. The number of nitriles is 1. The molecule has 2 aliphatic rings. The number of anilines is 2. The number of hydrogen-bond acceptors (Lipinski definition) is 4. The van der Waals surface area contributed by atoms with Crippen LogP contribution in [0.25, 0.3) is 0 Å². The fourth-order valence-electron chi connectivity index (χ4n) is 4.68. The van der Waals surface area contributed by atoms with Crippen molar-refractivity contribution in [2.24, 2.45) is 0 Å². The minimum absolute atomic E-state index is 0.185. The molecule has 2 heterocycles. The standard InChI is InChI=1S/C27H23ClN4O2S/c1-17-6-8-22(12-18(17)2)30-26(34)32-10-11-35-27(32)23-14-21(28)7-9-24(23)31(25(27)33)16-20-5-3-4-19(13-20)15-29/h3-9,12-14H,10-11,16H2,1-2H3,(H,30,34)/t27-/m1/s1. The molecule has 3 aromatic carbocycles. The first-order valence-corrected chi connectivity index (χ1v) is 12.6. The van der Waals surface area contributed by atoms with Crippen molar-refractivity contribution in [3.8, 4) is 6.07 Å². The van der Waals surface area contributed by atoms with Gasteiger partial charge in [0.25, 0.3) is 5.91 Å². The van der Waals surface area contributed by atoms with E-state index >= 15 is 0 Å². The molecule has 8 heteroatoms. The zero-order chi connectivity index (χ0) is 24.7. The summed E-state index contributed by atoms with van der Waals surface area (Å²) in [7, 11) is 0. The minimum atomic E-state index is -1.20. The summed E-state index contributed by atoms with van der Waals surface area (Å²) in [6.07, 6.45) is 0. The predicted octanol–water partition coefficient (Wildman–Crippen LogP) is 5.81. The minimum Gasteiger partial charge on any atom is -0.308 e. The van der Waals surface area contributed by atoms with E-state index < -0.39 is 4.87 Å². The van der Waals surface area contributed by atoms with Gasteiger partial charge in [-0.3, -0.25) is 9.69 Å². The molecule has 5 rings (SSSR count). The quantitative estimate of drug-likeness (QED) is 0.490. The molecule has 0 bridgehead atoms. The Morgan fingerprint density at radius 3 is 2.74 bits per heavy atom. The monoisotopic (exact) mass is 502 g/mol. The topological polar surface area (TPSA) is 76.4 Å². The summed E-state index contributed by atoms with van der Waals surface area (Å²) in [6, 6.07) is 20.2. The highest BCUT2D eigenvalue weighted by Crippen LogP contribution is 2.55. The molecule has 1 saturated heterocycles. The van der Waals surface area contributed by atoms with Crippen molar-refractivity contribution in [1.29, 1.82) is 5.26 Å². The van der Waals surface area contributed by atoms with Crippen LogP contribution in [-0.2, 0) is 16.2 Å². The summed E-state index contributed by atoms with van der Waals surface area (Å²) in [4.78, 5) is 29.7. The zero-order valence-electron chi connectivity index (χ0n) is 19.3. The maximum Gasteiger partial charge on any atom is 0.323 e. The van der Waals surface area contributed by atoms with E-state index in [2.05, 4.69) is 11.4 Å². The molecule has 3 amide bonds. The van der Waals surface area contributed by atoms with Gasteiger partial charge >= 0.3 is 6.03 Å². The molecule has 2 aliphatic heterocycles.